The molecule has 0 saturated carbocycles. The van der Waals surface area contributed by atoms with Gasteiger partial charge in [-0.1, -0.05) is 0 Å². The van der Waals surface area contributed by atoms with Crippen molar-refractivity contribution in [3.05, 3.63) is 29.3 Å². The first-order valence-corrected chi connectivity index (χ1v) is 4.98. The van der Waals surface area contributed by atoms with Gasteiger partial charge < -0.3 is 15.5 Å². The Bertz CT molecular complexity index is 593. The topological polar surface area (TPSA) is 68.1 Å². The zero-order chi connectivity index (χ0) is 12.6. The summed E-state index contributed by atoms with van der Waals surface area (Å²) in [6.07, 6.45) is 0. The molecule has 2 aromatic rings. The smallest absolute Gasteiger partial charge is 0.342 e. The van der Waals surface area contributed by atoms with Crippen molar-refractivity contribution in [2.45, 2.75) is 6.92 Å². The maximum atomic E-state index is 13.6. The molecule has 3 N–H and O–H groups in total. The van der Waals surface area contributed by atoms with E-state index in [4.69, 9.17) is 10.5 Å². The van der Waals surface area contributed by atoms with Gasteiger partial charge in [-0.05, 0) is 13.0 Å². The number of aromatic amines is 1. The van der Waals surface area contributed by atoms with Gasteiger partial charge in [0.1, 0.15) is 23.0 Å². The highest BCUT2D eigenvalue weighted by atomic mass is 19.1. The Labute approximate surface area is 95.4 Å². The SMILES string of the molecule is CCOC(=O)c1c(N)[nH]c2cc(F)cc(F)c12. The van der Waals surface area contributed by atoms with Gasteiger partial charge in [0.25, 0.3) is 0 Å². The highest BCUT2D eigenvalue weighted by Crippen LogP contribution is 2.28. The van der Waals surface area contributed by atoms with Gasteiger partial charge in [0, 0.05) is 6.07 Å². The van der Waals surface area contributed by atoms with E-state index in [0.29, 0.717) is 6.07 Å². The Hall–Kier alpha value is -2.11. The average molecular weight is 240 g/mol. The monoisotopic (exact) mass is 240 g/mol. The van der Waals surface area contributed by atoms with Crippen molar-refractivity contribution < 1.29 is 18.3 Å². The molecular formula is C11H10F2N2O2. The number of ether oxygens (including phenoxy) is 1. The van der Waals surface area contributed by atoms with E-state index in [2.05, 4.69) is 4.98 Å². The molecule has 0 aliphatic heterocycles. The molecule has 1 aromatic heterocycles. The van der Waals surface area contributed by atoms with Gasteiger partial charge >= 0.3 is 5.97 Å². The van der Waals surface area contributed by atoms with Crippen LogP contribution >= 0.6 is 0 Å². The van der Waals surface area contributed by atoms with Crippen LogP contribution in [0.15, 0.2) is 12.1 Å². The highest BCUT2D eigenvalue weighted by Gasteiger charge is 2.21. The van der Waals surface area contributed by atoms with Gasteiger partial charge in [-0.2, -0.15) is 0 Å². The number of halogens is 2. The third-order valence-corrected chi connectivity index (χ3v) is 2.32. The van der Waals surface area contributed by atoms with Crippen molar-refractivity contribution >= 4 is 22.7 Å². The van der Waals surface area contributed by atoms with Gasteiger partial charge in [0.2, 0.25) is 0 Å². The number of hydrogen-bond donors (Lipinski definition) is 2. The standard InChI is InChI=1S/C11H10F2N2O2/c1-2-17-11(16)9-8-6(13)3-5(12)4-7(8)15-10(9)14/h3-4,15H,2,14H2,1H3. The number of esters is 1. The minimum absolute atomic E-state index is 0.0389. The van der Waals surface area contributed by atoms with Gasteiger partial charge in [0.05, 0.1) is 17.5 Å². The van der Waals surface area contributed by atoms with Crippen LogP contribution in [0, 0.1) is 11.6 Å². The summed E-state index contributed by atoms with van der Waals surface area (Å²) < 4.78 is 31.3. The lowest BCUT2D eigenvalue weighted by Gasteiger charge is -2.01. The first-order chi connectivity index (χ1) is 8.04. The number of nitrogen functional groups attached to an aromatic ring is 1. The van der Waals surface area contributed by atoms with Gasteiger partial charge in [-0.15, -0.1) is 0 Å². The highest BCUT2D eigenvalue weighted by molar-refractivity contribution is 6.09. The molecule has 1 heterocycles. The number of aromatic nitrogens is 1. The normalized spacial score (nSPS) is 10.8. The van der Waals surface area contributed by atoms with E-state index in [9.17, 15) is 13.6 Å². The Morgan fingerprint density at radius 1 is 1.47 bits per heavy atom. The molecule has 0 unspecified atom stereocenters. The third-order valence-electron chi connectivity index (χ3n) is 2.32. The van der Waals surface area contributed by atoms with Crippen LogP contribution in [0.5, 0.6) is 0 Å². The molecule has 4 nitrogen and oxygen atoms in total. The fourth-order valence-electron chi connectivity index (χ4n) is 1.68. The number of anilines is 1. The Balaban J connectivity index is 2.71. The molecule has 1 aromatic carbocycles. The molecule has 0 bridgehead atoms. The maximum absolute atomic E-state index is 13.6. The van der Waals surface area contributed by atoms with Gasteiger partial charge in [0.15, 0.2) is 0 Å². The zero-order valence-electron chi connectivity index (χ0n) is 9.01. The minimum atomic E-state index is -0.851. The van der Waals surface area contributed by atoms with Crippen LogP contribution < -0.4 is 5.73 Å². The molecule has 17 heavy (non-hydrogen) atoms. The summed E-state index contributed by atoms with van der Waals surface area (Å²) >= 11 is 0. The number of rotatable bonds is 2. The second-order valence-electron chi connectivity index (χ2n) is 3.44. The number of carbonyl (C=O) groups is 1. The lowest BCUT2D eigenvalue weighted by molar-refractivity contribution is 0.0529. The summed E-state index contributed by atoms with van der Waals surface area (Å²) in [5.41, 5.74) is 5.59. The quantitative estimate of drug-likeness (QED) is 0.791. The number of hydrogen-bond acceptors (Lipinski definition) is 3. The van der Waals surface area contributed by atoms with Crippen molar-refractivity contribution in [3.63, 3.8) is 0 Å². The van der Waals surface area contributed by atoms with E-state index >= 15 is 0 Å². The second-order valence-corrected chi connectivity index (χ2v) is 3.44. The fraction of sp³-hybridized carbons (Fsp3) is 0.182. The fourth-order valence-corrected chi connectivity index (χ4v) is 1.68. The van der Waals surface area contributed by atoms with Crippen molar-refractivity contribution in [3.8, 4) is 0 Å². The van der Waals surface area contributed by atoms with Gasteiger partial charge in [-0.25, -0.2) is 13.6 Å². The maximum Gasteiger partial charge on any atom is 0.342 e. The Morgan fingerprint density at radius 2 is 2.18 bits per heavy atom. The number of benzene rings is 1. The lowest BCUT2D eigenvalue weighted by atomic mass is 10.1. The predicted octanol–water partition coefficient (Wildman–Crippen LogP) is 2.21. The molecule has 0 atom stereocenters. The molecule has 6 heteroatoms. The molecule has 0 aliphatic rings. The first kappa shape index (κ1) is 11.4. The number of carbonyl (C=O) groups excluding carboxylic acids is 1. The number of nitrogens with two attached hydrogens (primary N) is 1. The average Bonchev–Trinajstić information content (AvgIpc) is 2.54. The van der Waals surface area contributed by atoms with E-state index in [1.807, 2.05) is 0 Å². The van der Waals surface area contributed by atoms with Crippen LogP contribution in [0.1, 0.15) is 17.3 Å². The van der Waals surface area contributed by atoms with Crippen LogP contribution in [0.4, 0.5) is 14.6 Å². The van der Waals surface area contributed by atoms with Crippen molar-refractivity contribution in [2.75, 3.05) is 12.3 Å². The zero-order valence-corrected chi connectivity index (χ0v) is 9.01. The summed E-state index contributed by atoms with van der Waals surface area (Å²) in [7, 11) is 0. The Morgan fingerprint density at radius 3 is 2.82 bits per heavy atom. The molecule has 0 saturated heterocycles. The van der Waals surface area contributed by atoms with E-state index in [1.165, 1.54) is 0 Å². The summed E-state index contributed by atoms with van der Waals surface area (Å²) in [5.74, 6) is -2.37. The summed E-state index contributed by atoms with van der Waals surface area (Å²) in [6, 6.07) is 1.76. The summed E-state index contributed by atoms with van der Waals surface area (Å²) in [5, 5.41) is -0.0534. The second kappa shape index (κ2) is 4.04. The molecule has 2 rings (SSSR count). The van der Waals surface area contributed by atoms with E-state index in [1.54, 1.807) is 6.92 Å². The van der Waals surface area contributed by atoms with Crippen LogP contribution in [-0.2, 0) is 4.74 Å². The minimum Gasteiger partial charge on any atom is -0.462 e. The van der Waals surface area contributed by atoms with E-state index in [0.717, 1.165) is 6.07 Å². The van der Waals surface area contributed by atoms with Crippen LogP contribution in [-0.4, -0.2) is 17.6 Å². The molecule has 0 amide bonds. The summed E-state index contributed by atoms with van der Waals surface area (Å²) in [4.78, 5) is 14.1. The van der Waals surface area contributed by atoms with E-state index < -0.39 is 17.6 Å². The van der Waals surface area contributed by atoms with Crippen LogP contribution in [0.3, 0.4) is 0 Å². The van der Waals surface area contributed by atoms with Crippen molar-refractivity contribution in [1.29, 1.82) is 0 Å². The van der Waals surface area contributed by atoms with Crippen LogP contribution in [0.25, 0.3) is 10.9 Å². The third kappa shape index (κ3) is 1.82. The Kier molecular flexibility index (Phi) is 2.71. The largest absolute Gasteiger partial charge is 0.462 e. The lowest BCUT2D eigenvalue weighted by Crippen LogP contribution is -2.07. The molecule has 0 radical (unpaired) electrons. The van der Waals surface area contributed by atoms with Crippen LogP contribution in [0.2, 0.25) is 0 Å². The molecule has 0 spiro atoms. The summed E-state index contributed by atoms with van der Waals surface area (Å²) in [6.45, 7) is 1.77. The van der Waals surface area contributed by atoms with Crippen molar-refractivity contribution in [2.24, 2.45) is 0 Å². The molecule has 90 valence electrons. The predicted molar refractivity (Wildman–Crippen MR) is 58.6 cm³/mol. The number of H-pyrrole nitrogens is 1. The van der Waals surface area contributed by atoms with E-state index in [-0.39, 0.29) is 28.9 Å². The number of nitrogens with one attached hydrogen (secondary N) is 1. The number of fused-ring (bicyclic) bond motifs is 1. The van der Waals surface area contributed by atoms with Crippen molar-refractivity contribution in [1.82, 2.24) is 4.98 Å². The molecule has 0 aliphatic carbocycles. The first-order valence-electron chi connectivity index (χ1n) is 4.98. The van der Waals surface area contributed by atoms with Gasteiger partial charge in [-0.3, -0.25) is 0 Å². The molecular weight excluding hydrogens is 230 g/mol. The molecule has 0 fully saturated rings.